The van der Waals surface area contributed by atoms with Crippen LogP contribution in [0.1, 0.15) is 25.8 Å². The van der Waals surface area contributed by atoms with Crippen LogP contribution in [0.15, 0.2) is 23.4 Å². The van der Waals surface area contributed by atoms with Crippen LogP contribution in [-0.4, -0.2) is 58.8 Å². The molecule has 5 nitrogen and oxygen atoms in total. The van der Waals surface area contributed by atoms with Crippen LogP contribution in [-0.2, 0) is 0 Å². The number of nitrogens with zero attached hydrogens (tertiary/aromatic N) is 4. The quantitative estimate of drug-likeness (QED) is 0.844. The normalized spacial score (nSPS) is 19.0. The number of piperazine rings is 1. The average Bonchev–Trinajstić information content (AvgIpc) is 2.95. The van der Waals surface area contributed by atoms with Crippen LogP contribution in [0, 0.1) is 6.92 Å². The predicted molar refractivity (Wildman–Crippen MR) is 101 cm³/mol. The SMILES string of the molecule is CC(C)=CCN1CCN(c2ncnc3c(C)csc23)C[C@H]1CCO. The number of allylic oxidation sites excluding steroid dienone is 1. The number of aromatic nitrogens is 2. The van der Waals surface area contributed by atoms with E-state index in [1.54, 1.807) is 17.7 Å². The number of fused-ring (bicyclic) bond motifs is 1. The minimum Gasteiger partial charge on any atom is -0.396 e. The number of anilines is 1. The van der Waals surface area contributed by atoms with Crippen molar-refractivity contribution in [3.8, 4) is 0 Å². The van der Waals surface area contributed by atoms with E-state index in [9.17, 15) is 5.11 Å². The molecule has 0 spiro atoms. The lowest BCUT2D eigenvalue weighted by Gasteiger charge is -2.41. The molecule has 1 N–H and O–H groups in total. The fourth-order valence-electron chi connectivity index (χ4n) is 3.23. The standard InChI is InChI=1S/C18H26N4OS/c1-13(2)4-6-21-7-8-22(10-15(21)5-9-23)18-17-16(19-12-20-18)14(3)11-24-17/h4,11-12,15,23H,5-10H2,1-3H3/t15-/m1/s1. The first-order valence-corrected chi connectivity index (χ1v) is 9.40. The third kappa shape index (κ3) is 3.61. The maximum Gasteiger partial charge on any atom is 0.150 e. The zero-order chi connectivity index (χ0) is 17.1. The lowest BCUT2D eigenvalue weighted by atomic mass is 10.1. The Balaban J connectivity index is 1.81. The van der Waals surface area contributed by atoms with E-state index in [1.807, 2.05) is 0 Å². The van der Waals surface area contributed by atoms with E-state index in [2.05, 4.69) is 52.0 Å². The van der Waals surface area contributed by atoms with Crippen LogP contribution in [0.25, 0.3) is 10.2 Å². The van der Waals surface area contributed by atoms with Gasteiger partial charge >= 0.3 is 0 Å². The zero-order valence-corrected chi connectivity index (χ0v) is 15.5. The second kappa shape index (κ2) is 7.59. The van der Waals surface area contributed by atoms with E-state index in [4.69, 9.17) is 0 Å². The van der Waals surface area contributed by atoms with Crippen molar-refractivity contribution in [2.75, 3.05) is 37.7 Å². The number of thiophene rings is 1. The smallest absolute Gasteiger partial charge is 0.150 e. The molecular formula is C18H26N4OS. The molecule has 1 aliphatic rings. The van der Waals surface area contributed by atoms with Crippen LogP contribution < -0.4 is 4.90 Å². The minimum absolute atomic E-state index is 0.223. The second-order valence-electron chi connectivity index (χ2n) is 6.68. The van der Waals surface area contributed by atoms with Crippen molar-refractivity contribution in [3.63, 3.8) is 0 Å². The summed E-state index contributed by atoms with van der Waals surface area (Å²) in [6.45, 7) is 10.4. The summed E-state index contributed by atoms with van der Waals surface area (Å²) in [6.07, 6.45) is 4.74. The summed E-state index contributed by atoms with van der Waals surface area (Å²) in [5.74, 6) is 1.04. The Labute approximate surface area is 147 Å². The molecule has 3 rings (SSSR count). The fraction of sp³-hybridized carbons (Fsp3) is 0.556. The van der Waals surface area contributed by atoms with Crippen LogP contribution in [0.4, 0.5) is 5.82 Å². The summed E-state index contributed by atoms with van der Waals surface area (Å²) >= 11 is 1.72. The van der Waals surface area contributed by atoms with Gasteiger partial charge < -0.3 is 10.0 Å². The van der Waals surface area contributed by atoms with Crippen molar-refractivity contribution < 1.29 is 5.11 Å². The van der Waals surface area contributed by atoms with Crippen molar-refractivity contribution >= 4 is 27.4 Å². The Morgan fingerprint density at radius 1 is 1.38 bits per heavy atom. The number of rotatable bonds is 5. The van der Waals surface area contributed by atoms with Gasteiger partial charge in [-0.15, -0.1) is 11.3 Å². The molecule has 0 unspecified atom stereocenters. The molecule has 1 aliphatic heterocycles. The average molecular weight is 347 g/mol. The van der Waals surface area contributed by atoms with Gasteiger partial charge in [0.05, 0.1) is 10.2 Å². The van der Waals surface area contributed by atoms with Crippen molar-refractivity contribution in [1.29, 1.82) is 0 Å². The van der Waals surface area contributed by atoms with E-state index < -0.39 is 0 Å². The predicted octanol–water partition coefficient (Wildman–Crippen LogP) is 2.84. The molecule has 2 aromatic rings. The van der Waals surface area contributed by atoms with Gasteiger partial charge in [-0.1, -0.05) is 11.6 Å². The van der Waals surface area contributed by atoms with Crippen molar-refractivity contribution in [3.05, 3.63) is 28.9 Å². The highest BCUT2D eigenvalue weighted by atomic mass is 32.1. The number of hydrogen-bond acceptors (Lipinski definition) is 6. The summed E-state index contributed by atoms with van der Waals surface area (Å²) in [5.41, 5.74) is 3.62. The topological polar surface area (TPSA) is 52.5 Å². The van der Waals surface area contributed by atoms with Crippen LogP contribution in [0.5, 0.6) is 0 Å². The van der Waals surface area contributed by atoms with E-state index in [0.29, 0.717) is 6.04 Å². The molecule has 0 radical (unpaired) electrons. The van der Waals surface area contributed by atoms with Crippen LogP contribution >= 0.6 is 11.3 Å². The van der Waals surface area contributed by atoms with Gasteiger partial charge in [0.25, 0.3) is 0 Å². The van der Waals surface area contributed by atoms with Gasteiger partial charge in [0.1, 0.15) is 12.1 Å². The van der Waals surface area contributed by atoms with Crippen molar-refractivity contribution in [2.45, 2.75) is 33.2 Å². The number of aliphatic hydroxyl groups excluding tert-OH is 1. The zero-order valence-electron chi connectivity index (χ0n) is 14.7. The lowest BCUT2D eigenvalue weighted by molar-refractivity contribution is 0.155. The van der Waals surface area contributed by atoms with E-state index in [-0.39, 0.29) is 6.61 Å². The van der Waals surface area contributed by atoms with Gasteiger partial charge in [0.2, 0.25) is 0 Å². The van der Waals surface area contributed by atoms with Gasteiger partial charge in [-0.25, -0.2) is 9.97 Å². The largest absolute Gasteiger partial charge is 0.396 e. The molecule has 0 saturated carbocycles. The van der Waals surface area contributed by atoms with Crippen LogP contribution in [0.2, 0.25) is 0 Å². The molecule has 6 heteroatoms. The van der Waals surface area contributed by atoms with Gasteiger partial charge in [-0.05, 0) is 38.1 Å². The summed E-state index contributed by atoms with van der Waals surface area (Å²) in [4.78, 5) is 13.8. The molecule has 1 fully saturated rings. The fourth-order valence-corrected chi connectivity index (χ4v) is 4.25. The second-order valence-corrected chi connectivity index (χ2v) is 7.56. The summed E-state index contributed by atoms with van der Waals surface area (Å²) in [7, 11) is 0. The van der Waals surface area contributed by atoms with Gasteiger partial charge in [0.15, 0.2) is 0 Å². The van der Waals surface area contributed by atoms with E-state index in [1.165, 1.54) is 15.8 Å². The Bertz CT molecular complexity index is 723. The first-order chi connectivity index (χ1) is 11.6. The van der Waals surface area contributed by atoms with Gasteiger partial charge in [0, 0.05) is 38.8 Å². The molecule has 0 amide bonds. The number of aliphatic hydroxyl groups is 1. The van der Waals surface area contributed by atoms with Crippen molar-refractivity contribution in [1.82, 2.24) is 14.9 Å². The Morgan fingerprint density at radius 2 is 2.21 bits per heavy atom. The summed E-state index contributed by atoms with van der Waals surface area (Å²) in [5, 5.41) is 11.6. The monoisotopic (exact) mass is 346 g/mol. The Kier molecular flexibility index (Phi) is 5.48. The molecular weight excluding hydrogens is 320 g/mol. The maximum absolute atomic E-state index is 9.46. The number of aryl methyl sites for hydroxylation is 1. The van der Waals surface area contributed by atoms with Crippen LogP contribution in [0.3, 0.4) is 0 Å². The van der Waals surface area contributed by atoms with Gasteiger partial charge in [-0.2, -0.15) is 0 Å². The first kappa shape index (κ1) is 17.3. The molecule has 2 aromatic heterocycles. The molecule has 0 aromatic carbocycles. The van der Waals surface area contributed by atoms with E-state index in [0.717, 1.165) is 43.9 Å². The highest BCUT2D eigenvalue weighted by molar-refractivity contribution is 7.18. The Morgan fingerprint density at radius 3 is 2.96 bits per heavy atom. The summed E-state index contributed by atoms with van der Waals surface area (Å²) < 4.78 is 1.18. The third-order valence-electron chi connectivity index (χ3n) is 4.61. The number of hydrogen-bond donors (Lipinski definition) is 1. The molecule has 1 saturated heterocycles. The highest BCUT2D eigenvalue weighted by Crippen LogP contribution is 2.32. The molecule has 0 bridgehead atoms. The highest BCUT2D eigenvalue weighted by Gasteiger charge is 2.28. The minimum atomic E-state index is 0.223. The first-order valence-electron chi connectivity index (χ1n) is 8.52. The van der Waals surface area contributed by atoms with Gasteiger partial charge in [-0.3, -0.25) is 4.90 Å². The molecule has 1 atom stereocenters. The van der Waals surface area contributed by atoms with E-state index >= 15 is 0 Å². The molecule has 0 aliphatic carbocycles. The molecule has 3 heterocycles. The third-order valence-corrected chi connectivity index (χ3v) is 5.70. The molecule has 130 valence electrons. The summed E-state index contributed by atoms with van der Waals surface area (Å²) in [6, 6.07) is 0.352. The Hall–Kier alpha value is -1.50. The van der Waals surface area contributed by atoms with Crippen molar-refractivity contribution in [2.24, 2.45) is 0 Å². The molecule has 24 heavy (non-hydrogen) atoms. The lowest BCUT2D eigenvalue weighted by Crippen LogP contribution is -2.53. The maximum atomic E-state index is 9.46.